The Balaban J connectivity index is 0. The van der Waals surface area contributed by atoms with Crippen LogP contribution in [0.2, 0.25) is 0 Å². The minimum atomic E-state index is 0. The molecule has 0 bridgehead atoms. The quantitative estimate of drug-likeness (QED) is 0.791. The van der Waals surface area contributed by atoms with E-state index in [2.05, 4.69) is 71.1 Å². The highest BCUT2D eigenvalue weighted by Crippen LogP contribution is 2.12. The first kappa shape index (κ1) is 15.2. The molecule has 0 fully saturated rings. The monoisotopic (exact) mass is 223 g/mol. The molecule has 1 heteroatoms. The Labute approximate surface area is 103 Å². The van der Waals surface area contributed by atoms with Crippen LogP contribution >= 0.6 is 0 Å². The molecule has 1 rings (SSSR count). The van der Waals surface area contributed by atoms with Crippen molar-refractivity contribution in [1.82, 2.24) is 5.32 Å². The highest BCUT2D eigenvalue weighted by atomic mass is 14.9. The lowest BCUT2D eigenvalue weighted by Crippen LogP contribution is -2.17. The molecule has 0 aliphatic carbocycles. The smallest absolute Gasteiger partial charge is 0.0291 e. The standard InChI is InChI=1S/C11H17N.C4H10.H2/c1-4-12-10(3)11-7-5-9(2)6-8-11;1-4(2)3;/h5-8,10,12H,4H2,1-3H3;4H,1-3H3;1H. The molecule has 1 N–H and O–H groups in total. The fraction of sp³-hybridized carbons (Fsp3) is 0.600. The molecule has 16 heavy (non-hydrogen) atoms. The van der Waals surface area contributed by atoms with E-state index in [1.54, 1.807) is 0 Å². The third-order valence-corrected chi connectivity index (χ3v) is 2.09. The summed E-state index contributed by atoms with van der Waals surface area (Å²) in [5.74, 6) is 0.833. The van der Waals surface area contributed by atoms with E-state index in [9.17, 15) is 0 Å². The third kappa shape index (κ3) is 7.47. The van der Waals surface area contributed by atoms with Gasteiger partial charge in [0.15, 0.2) is 0 Å². The highest BCUT2D eigenvalue weighted by Gasteiger charge is 2.01. The van der Waals surface area contributed by atoms with Crippen LogP contribution in [0.1, 0.15) is 53.2 Å². The molecule has 0 aromatic heterocycles. The second-order valence-electron chi connectivity index (χ2n) is 4.92. The molecule has 1 atom stereocenters. The van der Waals surface area contributed by atoms with Crippen LogP contribution < -0.4 is 5.32 Å². The topological polar surface area (TPSA) is 12.0 Å². The zero-order chi connectivity index (χ0) is 12.6. The van der Waals surface area contributed by atoms with Gasteiger partial charge in [-0.05, 0) is 31.9 Å². The van der Waals surface area contributed by atoms with Gasteiger partial charge in [-0.2, -0.15) is 0 Å². The van der Waals surface area contributed by atoms with Crippen LogP contribution in [0.3, 0.4) is 0 Å². The van der Waals surface area contributed by atoms with Gasteiger partial charge in [0.05, 0.1) is 0 Å². The summed E-state index contributed by atoms with van der Waals surface area (Å²) in [6.07, 6.45) is 0. The fourth-order valence-electron chi connectivity index (χ4n) is 1.28. The summed E-state index contributed by atoms with van der Waals surface area (Å²) in [7, 11) is 0. The largest absolute Gasteiger partial charge is 0.310 e. The van der Waals surface area contributed by atoms with E-state index in [-0.39, 0.29) is 1.43 Å². The lowest BCUT2D eigenvalue weighted by atomic mass is 10.1. The van der Waals surface area contributed by atoms with E-state index in [4.69, 9.17) is 0 Å². The van der Waals surface area contributed by atoms with Gasteiger partial charge in [-0.15, -0.1) is 0 Å². The maximum atomic E-state index is 3.38. The molecule has 0 radical (unpaired) electrons. The van der Waals surface area contributed by atoms with Gasteiger partial charge in [-0.3, -0.25) is 0 Å². The van der Waals surface area contributed by atoms with E-state index < -0.39 is 0 Å². The van der Waals surface area contributed by atoms with Crippen LogP contribution in [0.5, 0.6) is 0 Å². The summed E-state index contributed by atoms with van der Waals surface area (Å²) in [6.45, 7) is 14.0. The van der Waals surface area contributed by atoms with Gasteiger partial charge in [0, 0.05) is 7.47 Å². The van der Waals surface area contributed by atoms with Gasteiger partial charge in [-0.1, -0.05) is 57.5 Å². The van der Waals surface area contributed by atoms with Crippen molar-refractivity contribution in [3.8, 4) is 0 Å². The van der Waals surface area contributed by atoms with Gasteiger partial charge in [-0.25, -0.2) is 0 Å². The average molecular weight is 223 g/mol. The van der Waals surface area contributed by atoms with Crippen LogP contribution in [0, 0.1) is 12.8 Å². The fourth-order valence-corrected chi connectivity index (χ4v) is 1.28. The normalized spacial score (nSPS) is 11.9. The van der Waals surface area contributed by atoms with Crippen molar-refractivity contribution in [1.29, 1.82) is 0 Å². The van der Waals surface area contributed by atoms with E-state index >= 15 is 0 Å². The number of hydrogen-bond acceptors (Lipinski definition) is 1. The summed E-state index contributed by atoms with van der Waals surface area (Å²) in [6, 6.07) is 9.15. The SMILES string of the molecule is CC(C)C.CCNC(C)c1ccc(C)cc1.[HH]. The Bertz CT molecular complexity index is 264. The van der Waals surface area contributed by atoms with E-state index in [1.165, 1.54) is 11.1 Å². The molecule has 94 valence electrons. The molecule has 1 aromatic carbocycles. The molecule has 0 amide bonds. The molecule has 0 saturated carbocycles. The molecule has 0 saturated heterocycles. The molecule has 1 unspecified atom stereocenters. The molecular formula is C15H29N. The van der Waals surface area contributed by atoms with Crippen LogP contribution in [0.4, 0.5) is 0 Å². The number of aryl methyl sites for hydroxylation is 1. The molecule has 1 aromatic rings. The van der Waals surface area contributed by atoms with Crippen molar-refractivity contribution < 1.29 is 1.43 Å². The minimum absolute atomic E-state index is 0. The summed E-state index contributed by atoms with van der Waals surface area (Å²) in [5, 5.41) is 3.38. The van der Waals surface area contributed by atoms with Crippen molar-refractivity contribution in [2.24, 2.45) is 5.92 Å². The predicted molar refractivity (Wildman–Crippen MR) is 75.9 cm³/mol. The summed E-state index contributed by atoms with van der Waals surface area (Å²) in [4.78, 5) is 0. The summed E-state index contributed by atoms with van der Waals surface area (Å²) < 4.78 is 0. The summed E-state index contributed by atoms with van der Waals surface area (Å²) in [5.41, 5.74) is 2.69. The number of hydrogen-bond donors (Lipinski definition) is 1. The molecule has 0 aliphatic rings. The predicted octanol–water partition coefficient (Wildman–Crippen LogP) is 4.57. The zero-order valence-electron chi connectivity index (χ0n) is 11.7. The Morgan fingerprint density at radius 2 is 1.50 bits per heavy atom. The second-order valence-corrected chi connectivity index (χ2v) is 4.92. The van der Waals surface area contributed by atoms with Gasteiger partial charge >= 0.3 is 0 Å². The Hall–Kier alpha value is -0.820. The maximum absolute atomic E-state index is 3.38. The van der Waals surface area contributed by atoms with Crippen molar-refractivity contribution >= 4 is 0 Å². The van der Waals surface area contributed by atoms with Crippen molar-refractivity contribution in [3.05, 3.63) is 35.4 Å². The van der Waals surface area contributed by atoms with E-state index in [1.807, 2.05) is 0 Å². The van der Waals surface area contributed by atoms with Gasteiger partial charge in [0.1, 0.15) is 0 Å². The molecule has 0 aliphatic heterocycles. The maximum Gasteiger partial charge on any atom is 0.0291 e. The van der Waals surface area contributed by atoms with Crippen molar-refractivity contribution in [2.45, 2.75) is 47.6 Å². The minimum Gasteiger partial charge on any atom is -0.310 e. The Kier molecular flexibility index (Phi) is 7.92. The van der Waals surface area contributed by atoms with Gasteiger partial charge in [0.2, 0.25) is 0 Å². The Morgan fingerprint density at radius 3 is 1.88 bits per heavy atom. The van der Waals surface area contributed by atoms with Gasteiger partial charge < -0.3 is 5.32 Å². The highest BCUT2D eigenvalue weighted by molar-refractivity contribution is 5.23. The van der Waals surface area contributed by atoms with Gasteiger partial charge in [0.25, 0.3) is 0 Å². The lowest BCUT2D eigenvalue weighted by molar-refractivity contribution is 0.598. The number of nitrogens with one attached hydrogen (secondary N) is 1. The Morgan fingerprint density at radius 1 is 1.06 bits per heavy atom. The third-order valence-electron chi connectivity index (χ3n) is 2.09. The molecule has 1 nitrogen and oxygen atoms in total. The molecule has 0 heterocycles. The lowest BCUT2D eigenvalue weighted by Gasteiger charge is -2.12. The van der Waals surface area contributed by atoms with Crippen LogP contribution in [0.25, 0.3) is 0 Å². The van der Waals surface area contributed by atoms with E-state index in [0.29, 0.717) is 6.04 Å². The first-order valence-corrected chi connectivity index (χ1v) is 6.27. The average Bonchev–Trinajstić information content (AvgIpc) is 2.18. The van der Waals surface area contributed by atoms with Crippen LogP contribution in [0.15, 0.2) is 24.3 Å². The number of benzene rings is 1. The number of rotatable bonds is 3. The van der Waals surface area contributed by atoms with Crippen LogP contribution in [-0.4, -0.2) is 6.54 Å². The second kappa shape index (κ2) is 8.35. The first-order valence-electron chi connectivity index (χ1n) is 6.27. The van der Waals surface area contributed by atoms with E-state index in [0.717, 1.165) is 12.5 Å². The molecular weight excluding hydrogens is 194 g/mol. The van der Waals surface area contributed by atoms with Crippen molar-refractivity contribution in [3.63, 3.8) is 0 Å². The summed E-state index contributed by atoms with van der Waals surface area (Å²) >= 11 is 0. The first-order chi connectivity index (χ1) is 7.47. The van der Waals surface area contributed by atoms with Crippen molar-refractivity contribution in [2.75, 3.05) is 6.54 Å². The van der Waals surface area contributed by atoms with Crippen LogP contribution in [-0.2, 0) is 0 Å². The zero-order valence-corrected chi connectivity index (χ0v) is 11.7. The molecule has 0 spiro atoms.